The maximum absolute atomic E-state index is 5.38. The summed E-state index contributed by atoms with van der Waals surface area (Å²) in [7, 11) is 0. The molecule has 0 aliphatic carbocycles. The molecule has 1 aliphatic heterocycles. The van der Waals surface area contributed by atoms with E-state index in [4.69, 9.17) is 4.42 Å². The average molecular weight is 256 g/mol. The normalized spacial score (nSPS) is 15.0. The molecular weight excluding hydrogens is 236 g/mol. The summed E-state index contributed by atoms with van der Waals surface area (Å²) in [6.07, 6.45) is 3.80. The largest absolute Gasteiger partial charge is 0.469 e. The molecule has 1 aliphatic rings. The lowest BCUT2D eigenvalue weighted by Crippen LogP contribution is -2.27. The van der Waals surface area contributed by atoms with E-state index in [1.165, 1.54) is 16.8 Å². The second-order valence-corrected chi connectivity index (χ2v) is 5.19. The molecule has 1 aromatic carbocycles. The van der Waals surface area contributed by atoms with Crippen LogP contribution in [0.2, 0.25) is 0 Å². The minimum absolute atomic E-state index is 0.406. The number of hydrogen-bond donors (Lipinski definition) is 2. The summed E-state index contributed by atoms with van der Waals surface area (Å²) >= 11 is 0. The molecule has 1 atom stereocenters. The molecule has 3 nitrogen and oxygen atoms in total. The molecule has 0 radical (unpaired) electrons. The summed E-state index contributed by atoms with van der Waals surface area (Å²) in [6, 6.07) is 10.9. The Labute approximate surface area is 114 Å². The summed E-state index contributed by atoms with van der Waals surface area (Å²) < 4.78 is 5.38. The van der Waals surface area contributed by atoms with Gasteiger partial charge in [0, 0.05) is 31.2 Å². The molecule has 0 spiro atoms. The Hall–Kier alpha value is -1.74. The highest BCUT2D eigenvalue weighted by Gasteiger charge is 2.14. The predicted molar refractivity (Wildman–Crippen MR) is 77.3 cm³/mol. The third-order valence-electron chi connectivity index (χ3n) is 3.66. The van der Waals surface area contributed by atoms with Crippen LogP contribution in [0.5, 0.6) is 0 Å². The standard InChI is InChI=1S/C16H20N2O/c1-12(10-15-6-3-9-19-15)18-11-14-5-2-4-13-7-8-17-16(13)14/h2-6,9,12,17-18H,7-8,10-11H2,1H3. The van der Waals surface area contributed by atoms with Crippen molar-refractivity contribution in [2.45, 2.75) is 32.4 Å². The van der Waals surface area contributed by atoms with E-state index >= 15 is 0 Å². The second kappa shape index (κ2) is 5.49. The number of anilines is 1. The number of fused-ring (bicyclic) bond motifs is 1. The maximum atomic E-state index is 5.38. The first-order valence-corrected chi connectivity index (χ1v) is 6.93. The van der Waals surface area contributed by atoms with Crippen molar-refractivity contribution in [1.82, 2.24) is 5.32 Å². The smallest absolute Gasteiger partial charge is 0.105 e. The molecule has 2 heterocycles. The van der Waals surface area contributed by atoms with E-state index in [-0.39, 0.29) is 0 Å². The molecule has 0 saturated heterocycles. The quantitative estimate of drug-likeness (QED) is 0.863. The van der Waals surface area contributed by atoms with Crippen molar-refractivity contribution in [2.24, 2.45) is 0 Å². The van der Waals surface area contributed by atoms with Gasteiger partial charge in [0.1, 0.15) is 5.76 Å². The van der Waals surface area contributed by atoms with Crippen molar-refractivity contribution >= 4 is 5.69 Å². The first-order valence-electron chi connectivity index (χ1n) is 6.93. The molecule has 1 unspecified atom stereocenters. The van der Waals surface area contributed by atoms with E-state index < -0.39 is 0 Å². The minimum atomic E-state index is 0.406. The fourth-order valence-corrected chi connectivity index (χ4v) is 2.65. The zero-order valence-electron chi connectivity index (χ0n) is 11.3. The van der Waals surface area contributed by atoms with E-state index in [0.29, 0.717) is 6.04 Å². The molecule has 0 amide bonds. The van der Waals surface area contributed by atoms with Gasteiger partial charge in [-0.2, -0.15) is 0 Å². The molecule has 2 N–H and O–H groups in total. The topological polar surface area (TPSA) is 37.2 Å². The van der Waals surface area contributed by atoms with Gasteiger partial charge in [-0.25, -0.2) is 0 Å². The minimum Gasteiger partial charge on any atom is -0.469 e. The van der Waals surface area contributed by atoms with Gasteiger partial charge in [-0.05, 0) is 36.6 Å². The number of nitrogens with one attached hydrogen (secondary N) is 2. The van der Waals surface area contributed by atoms with Crippen LogP contribution in [0.3, 0.4) is 0 Å². The molecule has 0 fully saturated rings. The van der Waals surface area contributed by atoms with Crippen LogP contribution < -0.4 is 10.6 Å². The van der Waals surface area contributed by atoms with Gasteiger partial charge in [0.05, 0.1) is 6.26 Å². The van der Waals surface area contributed by atoms with Crippen molar-refractivity contribution < 1.29 is 4.42 Å². The number of para-hydroxylation sites is 1. The molecule has 19 heavy (non-hydrogen) atoms. The second-order valence-electron chi connectivity index (χ2n) is 5.19. The highest BCUT2D eigenvalue weighted by Crippen LogP contribution is 2.26. The summed E-state index contributed by atoms with van der Waals surface area (Å²) in [5.74, 6) is 1.04. The Bertz CT molecular complexity index is 534. The van der Waals surface area contributed by atoms with Crippen LogP contribution in [0.15, 0.2) is 41.0 Å². The van der Waals surface area contributed by atoms with E-state index in [9.17, 15) is 0 Å². The molecule has 0 saturated carbocycles. The fraction of sp³-hybridized carbons (Fsp3) is 0.375. The average Bonchev–Trinajstić information content (AvgIpc) is 3.06. The number of benzene rings is 1. The number of rotatable bonds is 5. The number of furan rings is 1. The van der Waals surface area contributed by atoms with Gasteiger partial charge in [0.25, 0.3) is 0 Å². The van der Waals surface area contributed by atoms with Crippen molar-refractivity contribution in [3.8, 4) is 0 Å². The lowest BCUT2D eigenvalue weighted by Gasteiger charge is -2.14. The van der Waals surface area contributed by atoms with Crippen LogP contribution in [0, 0.1) is 0 Å². The van der Waals surface area contributed by atoms with Gasteiger partial charge >= 0.3 is 0 Å². The van der Waals surface area contributed by atoms with Gasteiger partial charge in [0.15, 0.2) is 0 Å². The maximum Gasteiger partial charge on any atom is 0.105 e. The molecule has 0 bridgehead atoms. The van der Waals surface area contributed by atoms with Gasteiger partial charge in [-0.15, -0.1) is 0 Å². The van der Waals surface area contributed by atoms with Crippen LogP contribution >= 0.6 is 0 Å². The van der Waals surface area contributed by atoms with Crippen LogP contribution in [0.4, 0.5) is 5.69 Å². The zero-order chi connectivity index (χ0) is 13.1. The van der Waals surface area contributed by atoms with Gasteiger partial charge < -0.3 is 15.1 Å². The lowest BCUT2D eigenvalue weighted by atomic mass is 10.1. The Morgan fingerprint density at radius 3 is 3.11 bits per heavy atom. The Balaban J connectivity index is 1.59. The third-order valence-corrected chi connectivity index (χ3v) is 3.66. The molecule has 1 aromatic heterocycles. The van der Waals surface area contributed by atoms with Crippen molar-refractivity contribution in [3.05, 3.63) is 53.5 Å². The van der Waals surface area contributed by atoms with E-state index in [0.717, 1.165) is 31.7 Å². The predicted octanol–water partition coefficient (Wildman–Crippen LogP) is 2.97. The third kappa shape index (κ3) is 2.82. The Kier molecular flexibility index (Phi) is 3.56. The van der Waals surface area contributed by atoms with E-state index in [1.54, 1.807) is 6.26 Å². The summed E-state index contributed by atoms with van der Waals surface area (Å²) in [5.41, 5.74) is 4.14. The highest BCUT2D eigenvalue weighted by molar-refractivity contribution is 5.61. The molecule has 100 valence electrons. The zero-order valence-corrected chi connectivity index (χ0v) is 11.3. The molecule has 3 heteroatoms. The summed E-state index contributed by atoms with van der Waals surface area (Å²) in [5, 5.41) is 7.05. The van der Waals surface area contributed by atoms with E-state index in [2.05, 4.69) is 35.8 Å². The molecular formula is C16H20N2O. The van der Waals surface area contributed by atoms with Crippen molar-refractivity contribution in [2.75, 3.05) is 11.9 Å². The Morgan fingerprint density at radius 1 is 1.32 bits per heavy atom. The van der Waals surface area contributed by atoms with Crippen LogP contribution in [-0.2, 0) is 19.4 Å². The van der Waals surface area contributed by atoms with Crippen LogP contribution in [0.25, 0.3) is 0 Å². The summed E-state index contributed by atoms with van der Waals surface area (Å²) in [4.78, 5) is 0. The van der Waals surface area contributed by atoms with Crippen LogP contribution in [0.1, 0.15) is 23.8 Å². The fourth-order valence-electron chi connectivity index (χ4n) is 2.65. The van der Waals surface area contributed by atoms with Gasteiger partial charge in [0.2, 0.25) is 0 Å². The van der Waals surface area contributed by atoms with Crippen LogP contribution in [-0.4, -0.2) is 12.6 Å². The van der Waals surface area contributed by atoms with Crippen molar-refractivity contribution in [3.63, 3.8) is 0 Å². The monoisotopic (exact) mass is 256 g/mol. The SMILES string of the molecule is CC(Cc1ccco1)NCc1cccc2c1NCC2. The molecule has 3 rings (SSSR count). The van der Waals surface area contributed by atoms with Gasteiger partial charge in [-0.3, -0.25) is 0 Å². The number of hydrogen-bond acceptors (Lipinski definition) is 3. The first-order chi connectivity index (χ1) is 9.33. The summed E-state index contributed by atoms with van der Waals surface area (Å²) in [6.45, 7) is 4.16. The molecule has 2 aromatic rings. The first kappa shape index (κ1) is 12.3. The lowest BCUT2D eigenvalue weighted by molar-refractivity contribution is 0.456. The van der Waals surface area contributed by atoms with Gasteiger partial charge in [-0.1, -0.05) is 18.2 Å². The highest BCUT2D eigenvalue weighted by atomic mass is 16.3. The Morgan fingerprint density at radius 2 is 2.26 bits per heavy atom. The van der Waals surface area contributed by atoms with E-state index in [1.807, 2.05) is 12.1 Å². The van der Waals surface area contributed by atoms with Crippen molar-refractivity contribution in [1.29, 1.82) is 0 Å².